The van der Waals surface area contributed by atoms with Gasteiger partial charge in [0.2, 0.25) is 0 Å². The smallest absolute Gasteiger partial charge is 0.414 e. The molecule has 2 aromatic heterocycles. The number of rotatable bonds is 6. The second-order valence-corrected chi connectivity index (χ2v) is 6.30. The van der Waals surface area contributed by atoms with Crippen molar-refractivity contribution in [2.45, 2.75) is 12.6 Å². The average molecular weight is 401 g/mol. The summed E-state index contributed by atoms with van der Waals surface area (Å²) in [6.45, 7) is 0.477. The number of halogens is 1. The molecular formula is C17H16FN7O4. The third-order valence-corrected chi connectivity index (χ3v) is 4.30. The molecule has 1 unspecified atom stereocenters. The van der Waals surface area contributed by atoms with Gasteiger partial charge in [-0.25, -0.2) is 28.6 Å². The van der Waals surface area contributed by atoms with Gasteiger partial charge >= 0.3 is 12.2 Å². The molecule has 0 aliphatic carbocycles. The Morgan fingerprint density at radius 3 is 2.97 bits per heavy atom. The third kappa shape index (κ3) is 4.00. The van der Waals surface area contributed by atoms with E-state index in [9.17, 15) is 14.0 Å². The first-order valence-corrected chi connectivity index (χ1v) is 8.60. The largest absolute Gasteiger partial charge is 0.465 e. The number of benzene rings is 1. The highest BCUT2D eigenvalue weighted by Gasteiger charge is 2.32. The van der Waals surface area contributed by atoms with E-state index in [1.807, 2.05) is 0 Å². The molecule has 0 saturated carbocycles. The van der Waals surface area contributed by atoms with Crippen molar-refractivity contribution in [2.75, 3.05) is 18.0 Å². The van der Waals surface area contributed by atoms with Crippen molar-refractivity contribution >= 4 is 17.9 Å². The lowest BCUT2D eigenvalue weighted by molar-refractivity contribution is 0.136. The van der Waals surface area contributed by atoms with Gasteiger partial charge in [-0.3, -0.25) is 4.90 Å². The van der Waals surface area contributed by atoms with Gasteiger partial charge in [0.05, 0.1) is 43.0 Å². The molecule has 12 heteroatoms. The van der Waals surface area contributed by atoms with Crippen molar-refractivity contribution in [1.82, 2.24) is 29.6 Å². The summed E-state index contributed by atoms with van der Waals surface area (Å²) in [7, 11) is 0. The first-order valence-electron chi connectivity index (χ1n) is 8.60. The Morgan fingerprint density at radius 2 is 2.24 bits per heavy atom. The van der Waals surface area contributed by atoms with Crippen LogP contribution >= 0.6 is 0 Å². The summed E-state index contributed by atoms with van der Waals surface area (Å²) in [5.74, 6) is -0.549. The molecule has 1 aliphatic heterocycles. The number of carbonyl (C=O) groups excluding carboxylic acids is 1. The minimum Gasteiger partial charge on any atom is -0.465 e. The molecule has 4 rings (SSSR count). The maximum absolute atomic E-state index is 14.7. The second-order valence-electron chi connectivity index (χ2n) is 6.30. The van der Waals surface area contributed by atoms with Gasteiger partial charge in [0.1, 0.15) is 24.6 Å². The first kappa shape index (κ1) is 18.4. The van der Waals surface area contributed by atoms with Crippen LogP contribution in [0.3, 0.4) is 0 Å². The summed E-state index contributed by atoms with van der Waals surface area (Å²) in [5.41, 5.74) is 1.26. The van der Waals surface area contributed by atoms with Crippen LogP contribution in [-0.2, 0) is 11.3 Å². The fourth-order valence-corrected chi connectivity index (χ4v) is 2.97. The SMILES string of the molecule is O=C(O)NCC1CN(c2ccc(-n3cnc(Cn4cncn4)c3)c(F)c2)C(=O)O1. The Morgan fingerprint density at radius 1 is 1.38 bits per heavy atom. The lowest BCUT2D eigenvalue weighted by Crippen LogP contribution is -2.33. The molecule has 0 spiro atoms. The Balaban J connectivity index is 1.48. The maximum Gasteiger partial charge on any atom is 0.414 e. The van der Waals surface area contributed by atoms with Crippen LogP contribution in [0.4, 0.5) is 19.7 Å². The topological polar surface area (TPSA) is 127 Å². The number of aromatic nitrogens is 5. The molecule has 2 amide bonds. The summed E-state index contributed by atoms with van der Waals surface area (Å²) in [6, 6.07) is 4.34. The van der Waals surface area contributed by atoms with Crippen LogP contribution in [0.25, 0.3) is 5.69 Å². The van der Waals surface area contributed by atoms with Crippen LogP contribution in [0, 0.1) is 5.82 Å². The number of nitrogens with one attached hydrogen (secondary N) is 1. The Hall–Kier alpha value is -3.96. The third-order valence-electron chi connectivity index (χ3n) is 4.30. The number of nitrogens with zero attached hydrogens (tertiary/aromatic N) is 6. The van der Waals surface area contributed by atoms with E-state index < -0.39 is 24.1 Å². The molecule has 150 valence electrons. The highest BCUT2D eigenvalue weighted by Crippen LogP contribution is 2.25. The standard InChI is InChI=1S/C17H16FN7O4/c18-14-3-12(25-7-13(29-17(25)28)4-20-16(26)27)1-2-15(14)23-5-11(21-10-23)6-24-9-19-8-22-24/h1-3,5,8-10,13,20H,4,6-7H2,(H,26,27). The van der Waals surface area contributed by atoms with Gasteiger partial charge < -0.3 is 19.7 Å². The van der Waals surface area contributed by atoms with Crippen LogP contribution in [-0.4, -0.2) is 60.8 Å². The molecule has 2 N–H and O–H groups in total. The minimum absolute atomic E-state index is 0.0400. The Bertz CT molecular complexity index is 1040. The van der Waals surface area contributed by atoms with Gasteiger partial charge in [0, 0.05) is 6.20 Å². The molecule has 1 atom stereocenters. The highest BCUT2D eigenvalue weighted by molar-refractivity contribution is 5.90. The summed E-state index contributed by atoms with van der Waals surface area (Å²) in [4.78, 5) is 31.9. The maximum atomic E-state index is 14.7. The van der Waals surface area contributed by atoms with E-state index in [-0.39, 0.29) is 18.8 Å². The molecule has 0 bridgehead atoms. The van der Waals surface area contributed by atoms with E-state index in [1.165, 1.54) is 34.3 Å². The van der Waals surface area contributed by atoms with Crippen LogP contribution in [0.1, 0.15) is 5.69 Å². The van der Waals surface area contributed by atoms with Gasteiger partial charge in [0.25, 0.3) is 0 Å². The lowest BCUT2D eigenvalue weighted by atomic mass is 10.2. The van der Waals surface area contributed by atoms with Crippen LogP contribution in [0.5, 0.6) is 0 Å². The number of amides is 2. The number of imidazole rings is 1. The first-order chi connectivity index (χ1) is 14.0. The monoisotopic (exact) mass is 401 g/mol. The summed E-state index contributed by atoms with van der Waals surface area (Å²) >= 11 is 0. The van der Waals surface area contributed by atoms with Crippen molar-refractivity contribution in [3.8, 4) is 5.69 Å². The molecule has 1 fully saturated rings. The summed E-state index contributed by atoms with van der Waals surface area (Å²) in [6.07, 6.45) is 3.63. The zero-order chi connectivity index (χ0) is 20.4. The summed E-state index contributed by atoms with van der Waals surface area (Å²) in [5, 5.41) is 14.8. The van der Waals surface area contributed by atoms with E-state index >= 15 is 0 Å². The van der Waals surface area contributed by atoms with Crippen molar-refractivity contribution in [3.63, 3.8) is 0 Å². The van der Waals surface area contributed by atoms with E-state index in [0.29, 0.717) is 17.9 Å². The number of carboxylic acid groups (broad SMARTS) is 1. The molecule has 29 heavy (non-hydrogen) atoms. The second kappa shape index (κ2) is 7.58. The predicted molar refractivity (Wildman–Crippen MR) is 96.3 cm³/mol. The van der Waals surface area contributed by atoms with Crippen molar-refractivity contribution < 1.29 is 23.8 Å². The number of anilines is 1. The zero-order valence-electron chi connectivity index (χ0n) is 15.0. The van der Waals surface area contributed by atoms with Crippen molar-refractivity contribution in [1.29, 1.82) is 0 Å². The van der Waals surface area contributed by atoms with Crippen LogP contribution < -0.4 is 10.2 Å². The van der Waals surface area contributed by atoms with Crippen molar-refractivity contribution in [2.24, 2.45) is 0 Å². The van der Waals surface area contributed by atoms with E-state index in [1.54, 1.807) is 23.3 Å². The van der Waals surface area contributed by atoms with Gasteiger partial charge in [-0.2, -0.15) is 5.10 Å². The molecule has 11 nitrogen and oxygen atoms in total. The van der Waals surface area contributed by atoms with Crippen LogP contribution in [0.2, 0.25) is 0 Å². The molecule has 1 saturated heterocycles. The number of carbonyl (C=O) groups is 2. The van der Waals surface area contributed by atoms with E-state index in [0.717, 1.165) is 0 Å². The number of ether oxygens (including phenoxy) is 1. The molecule has 3 aromatic rings. The fourth-order valence-electron chi connectivity index (χ4n) is 2.97. The molecule has 1 aliphatic rings. The minimum atomic E-state index is -1.21. The van der Waals surface area contributed by atoms with Gasteiger partial charge in [-0.1, -0.05) is 0 Å². The van der Waals surface area contributed by atoms with Crippen molar-refractivity contribution in [3.05, 3.63) is 54.9 Å². The Labute approximate surface area is 163 Å². The number of cyclic esters (lactones) is 1. The van der Waals surface area contributed by atoms with Gasteiger partial charge in [0.15, 0.2) is 0 Å². The van der Waals surface area contributed by atoms with Gasteiger partial charge in [-0.15, -0.1) is 0 Å². The molecular weight excluding hydrogens is 385 g/mol. The number of hydrogen-bond donors (Lipinski definition) is 2. The molecule has 1 aromatic carbocycles. The molecule has 3 heterocycles. The van der Waals surface area contributed by atoms with E-state index in [2.05, 4.69) is 20.4 Å². The van der Waals surface area contributed by atoms with E-state index in [4.69, 9.17) is 9.84 Å². The highest BCUT2D eigenvalue weighted by atomic mass is 19.1. The normalized spacial score (nSPS) is 16.1. The van der Waals surface area contributed by atoms with Crippen LogP contribution in [0.15, 0.2) is 43.4 Å². The predicted octanol–water partition coefficient (Wildman–Crippen LogP) is 1.24. The molecule has 0 radical (unpaired) electrons. The summed E-state index contributed by atoms with van der Waals surface area (Å²) < 4.78 is 22.9. The average Bonchev–Trinajstić information content (AvgIpc) is 3.42. The Kier molecular flexibility index (Phi) is 4.81. The fraction of sp³-hybridized carbons (Fsp3) is 0.235. The van der Waals surface area contributed by atoms with Gasteiger partial charge in [-0.05, 0) is 18.2 Å². The lowest BCUT2D eigenvalue weighted by Gasteiger charge is -2.14. The quantitative estimate of drug-likeness (QED) is 0.636. The zero-order valence-corrected chi connectivity index (χ0v) is 15.0. The number of hydrogen-bond acceptors (Lipinski definition) is 6.